The first-order valence-electron chi connectivity index (χ1n) is 8.08. The molecule has 3 rings (SSSR count). The van der Waals surface area contributed by atoms with Crippen molar-refractivity contribution in [3.8, 4) is 11.4 Å². The molecule has 0 aliphatic heterocycles. The molecule has 1 aliphatic rings. The Morgan fingerprint density at radius 2 is 1.96 bits per heavy atom. The molecular formula is C15H22N6O2S. The molecule has 0 spiro atoms. The van der Waals surface area contributed by atoms with E-state index in [-0.39, 0.29) is 4.90 Å². The summed E-state index contributed by atoms with van der Waals surface area (Å²) in [6, 6.07) is 5.36. The van der Waals surface area contributed by atoms with Crippen LogP contribution < -0.4 is 10.0 Å². The third kappa shape index (κ3) is 3.57. The van der Waals surface area contributed by atoms with Gasteiger partial charge in [0.05, 0.1) is 11.9 Å². The van der Waals surface area contributed by atoms with Gasteiger partial charge in [0.1, 0.15) is 0 Å². The van der Waals surface area contributed by atoms with E-state index >= 15 is 0 Å². The van der Waals surface area contributed by atoms with E-state index in [0.717, 1.165) is 18.5 Å². The summed E-state index contributed by atoms with van der Waals surface area (Å²) in [5, 5.41) is 15.6. The van der Waals surface area contributed by atoms with Gasteiger partial charge in [-0.1, -0.05) is 19.3 Å². The van der Waals surface area contributed by atoms with E-state index < -0.39 is 10.0 Å². The van der Waals surface area contributed by atoms with Crippen molar-refractivity contribution in [2.45, 2.75) is 43.0 Å². The van der Waals surface area contributed by atoms with Gasteiger partial charge in [-0.25, -0.2) is 13.1 Å². The van der Waals surface area contributed by atoms with Gasteiger partial charge in [0.25, 0.3) is 0 Å². The van der Waals surface area contributed by atoms with Crippen LogP contribution in [0.2, 0.25) is 0 Å². The SMILES string of the molecule is CNS(=O)(=O)c1ccc(NC2CCCCC2)c(-c2nnn(C)n2)c1. The van der Waals surface area contributed by atoms with E-state index in [1.165, 1.54) is 31.1 Å². The number of nitrogens with one attached hydrogen (secondary N) is 2. The summed E-state index contributed by atoms with van der Waals surface area (Å²) in [6.07, 6.45) is 5.93. The number of hydrogen-bond acceptors (Lipinski definition) is 6. The van der Waals surface area contributed by atoms with Gasteiger partial charge in [0.15, 0.2) is 0 Å². The van der Waals surface area contributed by atoms with Crippen LogP contribution in [0.25, 0.3) is 11.4 Å². The fraction of sp³-hybridized carbons (Fsp3) is 0.533. The molecule has 2 aromatic rings. The molecule has 0 radical (unpaired) electrons. The van der Waals surface area contributed by atoms with Gasteiger partial charge in [-0.05, 0) is 43.3 Å². The van der Waals surface area contributed by atoms with Gasteiger partial charge >= 0.3 is 0 Å². The summed E-state index contributed by atoms with van der Waals surface area (Å²) < 4.78 is 26.5. The maximum absolute atomic E-state index is 12.1. The molecule has 1 fully saturated rings. The van der Waals surface area contributed by atoms with Crippen LogP contribution in [0.1, 0.15) is 32.1 Å². The second kappa shape index (κ2) is 6.86. The molecule has 24 heavy (non-hydrogen) atoms. The molecule has 2 N–H and O–H groups in total. The Hall–Kier alpha value is -2.00. The van der Waals surface area contributed by atoms with Crippen molar-refractivity contribution in [3.63, 3.8) is 0 Å². The van der Waals surface area contributed by atoms with Crippen LogP contribution in [0.15, 0.2) is 23.1 Å². The lowest BCUT2D eigenvalue weighted by Crippen LogP contribution is -2.23. The lowest BCUT2D eigenvalue weighted by molar-refractivity contribution is 0.463. The highest BCUT2D eigenvalue weighted by Crippen LogP contribution is 2.30. The number of sulfonamides is 1. The van der Waals surface area contributed by atoms with Crippen molar-refractivity contribution in [1.29, 1.82) is 0 Å². The van der Waals surface area contributed by atoms with Crippen molar-refractivity contribution in [2.24, 2.45) is 7.05 Å². The second-order valence-corrected chi connectivity index (χ2v) is 7.88. The van der Waals surface area contributed by atoms with Crippen LogP contribution in [0.3, 0.4) is 0 Å². The van der Waals surface area contributed by atoms with Crippen LogP contribution in [0.4, 0.5) is 5.69 Å². The minimum atomic E-state index is -3.53. The van der Waals surface area contributed by atoms with Crippen molar-refractivity contribution >= 4 is 15.7 Å². The monoisotopic (exact) mass is 350 g/mol. The van der Waals surface area contributed by atoms with Gasteiger partial charge in [-0.2, -0.15) is 4.80 Å². The minimum Gasteiger partial charge on any atom is -0.382 e. The molecule has 1 heterocycles. The maximum atomic E-state index is 12.1. The fourth-order valence-corrected chi connectivity index (χ4v) is 3.73. The molecule has 9 heteroatoms. The molecule has 0 atom stereocenters. The molecule has 0 unspecified atom stereocenters. The molecule has 8 nitrogen and oxygen atoms in total. The Labute approximate surface area is 141 Å². The largest absolute Gasteiger partial charge is 0.382 e. The Kier molecular flexibility index (Phi) is 4.81. The van der Waals surface area contributed by atoms with Crippen LogP contribution in [0.5, 0.6) is 0 Å². The normalized spacial score (nSPS) is 16.2. The van der Waals surface area contributed by atoms with E-state index in [9.17, 15) is 8.42 Å². The summed E-state index contributed by atoms with van der Waals surface area (Å²) in [4.78, 5) is 1.54. The first-order valence-corrected chi connectivity index (χ1v) is 9.56. The van der Waals surface area contributed by atoms with E-state index in [0.29, 0.717) is 17.4 Å². The Balaban J connectivity index is 2.00. The fourth-order valence-electron chi connectivity index (χ4n) is 2.98. The zero-order valence-electron chi connectivity index (χ0n) is 13.9. The summed E-state index contributed by atoms with van der Waals surface area (Å²) >= 11 is 0. The summed E-state index contributed by atoms with van der Waals surface area (Å²) in [7, 11) is -0.460. The van der Waals surface area contributed by atoms with Crippen molar-refractivity contribution in [1.82, 2.24) is 24.9 Å². The second-order valence-electron chi connectivity index (χ2n) is 6.00. The predicted octanol–water partition coefficient (Wildman–Crippen LogP) is 1.53. The summed E-state index contributed by atoms with van der Waals surface area (Å²) in [5.74, 6) is 0.406. The third-order valence-electron chi connectivity index (χ3n) is 4.28. The zero-order chi connectivity index (χ0) is 17.2. The number of aromatic nitrogens is 4. The molecule has 1 saturated carbocycles. The molecule has 1 aliphatic carbocycles. The number of hydrogen-bond donors (Lipinski definition) is 2. The van der Waals surface area contributed by atoms with E-state index in [2.05, 4.69) is 25.4 Å². The van der Waals surface area contributed by atoms with Crippen molar-refractivity contribution in [2.75, 3.05) is 12.4 Å². The van der Waals surface area contributed by atoms with Crippen LogP contribution in [-0.2, 0) is 17.1 Å². The summed E-state index contributed by atoms with van der Waals surface area (Å²) in [6.45, 7) is 0. The zero-order valence-corrected chi connectivity index (χ0v) is 14.7. The highest BCUT2D eigenvalue weighted by Gasteiger charge is 2.20. The number of rotatable bonds is 5. The van der Waals surface area contributed by atoms with Gasteiger partial charge in [0, 0.05) is 17.3 Å². The highest BCUT2D eigenvalue weighted by molar-refractivity contribution is 7.89. The Bertz CT molecular complexity index is 811. The lowest BCUT2D eigenvalue weighted by atomic mass is 9.95. The van der Waals surface area contributed by atoms with Gasteiger partial charge in [0.2, 0.25) is 15.8 Å². The predicted molar refractivity (Wildman–Crippen MR) is 91.0 cm³/mol. The average Bonchev–Trinajstić information content (AvgIpc) is 3.02. The van der Waals surface area contributed by atoms with Gasteiger partial charge in [-0.3, -0.25) is 0 Å². The highest BCUT2D eigenvalue weighted by atomic mass is 32.2. The molecular weight excluding hydrogens is 328 g/mol. The number of tetrazole rings is 1. The topological polar surface area (TPSA) is 102 Å². The average molecular weight is 350 g/mol. The Morgan fingerprint density at radius 1 is 1.21 bits per heavy atom. The molecule has 1 aromatic carbocycles. The Morgan fingerprint density at radius 3 is 2.58 bits per heavy atom. The van der Waals surface area contributed by atoms with Crippen LogP contribution >= 0.6 is 0 Å². The lowest BCUT2D eigenvalue weighted by Gasteiger charge is -2.25. The minimum absolute atomic E-state index is 0.182. The summed E-state index contributed by atoms with van der Waals surface area (Å²) in [5.41, 5.74) is 1.48. The molecule has 130 valence electrons. The first-order chi connectivity index (χ1) is 11.5. The number of anilines is 1. The van der Waals surface area contributed by atoms with Crippen molar-refractivity contribution < 1.29 is 8.42 Å². The van der Waals surface area contributed by atoms with Gasteiger partial charge in [-0.15, -0.1) is 10.2 Å². The van der Waals surface area contributed by atoms with E-state index in [4.69, 9.17) is 0 Å². The maximum Gasteiger partial charge on any atom is 0.240 e. The first kappa shape index (κ1) is 16.8. The van der Waals surface area contributed by atoms with E-state index in [1.54, 1.807) is 25.2 Å². The molecule has 0 bridgehead atoms. The number of aryl methyl sites for hydroxylation is 1. The van der Waals surface area contributed by atoms with Crippen molar-refractivity contribution in [3.05, 3.63) is 18.2 Å². The quantitative estimate of drug-likeness (QED) is 0.848. The van der Waals surface area contributed by atoms with Crippen LogP contribution in [-0.4, -0.2) is 41.7 Å². The number of nitrogens with zero attached hydrogens (tertiary/aromatic N) is 4. The van der Waals surface area contributed by atoms with E-state index in [1.807, 2.05) is 0 Å². The van der Waals surface area contributed by atoms with Crippen LogP contribution in [0, 0.1) is 0 Å². The number of benzene rings is 1. The third-order valence-corrected chi connectivity index (χ3v) is 5.70. The van der Waals surface area contributed by atoms with Gasteiger partial charge < -0.3 is 5.32 Å². The smallest absolute Gasteiger partial charge is 0.240 e. The standard InChI is InChI=1S/C15H22N6O2S/c1-16-24(22,23)12-8-9-14(17-11-6-4-3-5-7-11)13(10-12)15-18-20-21(2)19-15/h8-11,16-17H,3-7H2,1-2H3. The molecule has 0 saturated heterocycles. The molecule has 1 aromatic heterocycles. The molecule has 0 amide bonds.